The lowest BCUT2D eigenvalue weighted by molar-refractivity contribution is 0.0945. The number of aromatic nitrogens is 2. The Balaban J connectivity index is 1.81. The van der Waals surface area contributed by atoms with Gasteiger partial charge in [-0.05, 0) is 30.3 Å². The van der Waals surface area contributed by atoms with Crippen LogP contribution < -0.4 is 20.5 Å². The first kappa shape index (κ1) is 17.2. The van der Waals surface area contributed by atoms with E-state index in [1.165, 1.54) is 13.3 Å². The van der Waals surface area contributed by atoms with E-state index in [-0.39, 0.29) is 11.4 Å². The minimum atomic E-state index is -0.633. The van der Waals surface area contributed by atoms with Gasteiger partial charge in [0.25, 0.3) is 5.56 Å². The number of fused-ring (bicyclic) bond motifs is 1. The molecule has 0 fully saturated rings. The second kappa shape index (κ2) is 7.47. The number of H-pyrrole nitrogens is 1. The number of nitrogens with zero attached hydrogens (tertiary/aromatic N) is 2. The van der Waals surface area contributed by atoms with Crippen molar-refractivity contribution in [3.8, 4) is 11.5 Å². The topological polar surface area (TPSA) is 106 Å². The second-order valence-electron chi connectivity index (χ2n) is 5.24. The van der Waals surface area contributed by atoms with E-state index < -0.39 is 5.91 Å². The predicted octanol–water partition coefficient (Wildman–Crippen LogP) is 1.70. The molecule has 2 N–H and O–H groups in total. The molecule has 26 heavy (non-hydrogen) atoms. The molecule has 0 spiro atoms. The van der Waals surface area contributed by atoms with Crippen LogP contribution in [0.3, 0.4) is 0 Å². The van der Waals surface area contributed by atoms with Crippen LogP contribution in [0.25, 0.3) is 10.9 Å². The summed E-state index contributed by atoms with van der Waals surface area (Å²) in [5.41, 5.74) is 2.99. The zero-order valence-electron chi connectivity index (χ0n) is 14.1. The van der Waals surface area contributed by atoms with Crippen LogP contribution in [-0.4, -0.2) is 36.3 Å². The summed E-state index contributed by atoms with van der Waals surface area (Å²) in [4.78, 5) is 30.8. The van der Waals surface area contributed by atoms with Gasteiger partial charge < -0.3 is 14.5 Å². The van der Waals surface area contributed by atoms with Gasteiger partial charge in [-0.25, -0.2) is 10.4 Å². The molecular weight excluding hydrogens is 336 g/mol. The van der Waals surface area contributed by atoms with Crippen LogP contribution >= 0.6 is 0 Å². The van der Waals surface area contributed by atoms with Gasteiger partial charge in [0.15, 0.2) is 0 Å². The van der Waals surface area contributed by atoms with E-state index >= 15 is 0 Å². The van der Waals surface area contributed by atoms with Crippen LogP contribution in [0.2, 0.25) is 0 Å². The summed E-state index contributed by atoms with van der Waals surface area (Å²) in [6, 6.07) is 11.9. The number of ether oxygens (including phenoxy) is 2. The molecule has 0 aliphatic rings. The first-order valence-electron chi connectivity index (χ1n) is 7.67. The maximum atomic E-state index is 12.2. The first-order chi connectivity index (χ1) is 12.6. The van der Waals surface area contributed by atoms with Gasteiger partial charge in [-0.3, -0.25) is 9.59 Å². The average Bonchev–Trinajstić information content (AvgIpc) is 2.67. The third-order valence-electron chi connectivity index (χ3n) is 3.63. The van der Waals surface area contributed by atoms with Crippen molar-refractivity contribution >= 4 is 23.0 Å². The number of para-hydroxylation sites is 1. The van der Waals surface area contributed by atoms with E-state index in [0.717, 1.165) is 0 Å². The molecule has 0 bridgehead atoms. The highest BCUT2D eigenvalue weighted by molar-refractivity contribution is 5.93. The second-order valence-corrected chi connectivity index (χ2v) is 5.24. The van der Waals surface area contributed by atoms with Gasteiger partial charge in [-0.15, -0.1) is 0 Å². The minimum absolute atomic E-state index is 0.122. The summed E-state index contributed by atoms with van der Waals surface area (Å²) < 4.78 is 10.4. The number of hydrogen-bond donors (Lipinski definition) is 2. The Morgan fingerprint density at radius 2 is 2.00 bits per heavy atom. The molecule has 0 atom stereocenters. The van der Waals surface area contributed by atoms with E-state index in [4.69, 9.17) is 9.47 Å². The molecule has 0 saturated carbocycles. The van der Waals surface area contributed by atoms with Crippen molar-refractivity contribution in [2.75, 3.05) is 14.2 Å². The van der Waals surface area contributed by atoms with Crippen LogP contribution in [0, 0.1) is 0 Å². The standard InChI is InChI=1S/C18H16N4O4/c1-25-12-7-8-15(26-2)11(9-12)10-19-22-18(24)16-20-14-6-4-3-5-13(14)17(23)21-16/h3-10H,1-2H3,(H,22,24)(H,20,21,23). The molecule has 1 aromatic heterocycles. The molecule has 3 aromatic rings. The molecule has 1 amide bonds. The van der Waals surface area contributed by atoms with Gasteiger partial charge in [-0.2, -0.15) is 5.10 Å². The lowest BCUT2D eigenvalue weighted by Crippen LogP contribution is -2.24. The van der Waals surface area contributed by atoms with Crippen molar-refractivity contribution < 1.29 is 14.3 Å². The van der Waals surface area contributed by atoms with E-state index in [1.54, 1.807) is 49.6 Å². The molecule has 2 aromatic carbocycles. The zero-order chi connectivity index (χ0) is 18.5. The number of benzene rings is 2. The number of carbonyl (C=O) groups excluding carboxylic acids is 1. The lowest BCUT2D eigenvalue weighted by Gasteiger charge is -2.06. The smallest absolute Gasteiger partial charge is 0.307 e. The van der Waals surface area contributed by atoms with Crippen LogP contribution in [0.1, 0.15) is 16.2 Å². The van der Waals surface area contributed by atoms with Crippen molar-refractivity contribution in [1.29, 1.82) is 0 Å². The Kier molecular flexibility index (Phi) is 4.93. The Morgan fingerprint density at radius 1 is 1.19 bits per heavy atom. The van der Waals surface area contributed by atoms with E-state index in [9.17, 15) is 9.59 Å². The van der Waals surface area contributed by atoms with Crippen molar-refractivity contribution in [2.45, 2.75) is 0 Å². The molecule has 0 unspecified atom stereocenters. The number of aromatic amines is 1. The van der Waals surface area contributed by atoms with Crippen LogP contribution in [0.15, 0.2) is 52.4 Å². The molecule has 1 heterocycles. The average molecular weight is 352 g/mol. The molecule has 3 rings (SSSR count). The maximum absolute atomic E-state index is 12.2. The van der Waals surface area contributed by atoms with Gasteiger partial charge in [0, 0.05) is 5.56 Å². The van der Waals surface area contributed by atoms with Gasteiger partial charge in [-0.1, -0.05) is 12.1 Å². The number of nitrogens with one attached hydrogen (secondary N) is 2. The van der Waals surface area contributed by atoms with E-state index in [1.807, 2.05) is 0 Å². The molecule has 8 heteroatoms. The monoisotopic (exact) mass is 352 g/mol. The van der Waals surface area contributed by atoms with Crippen LogP contribution in [0.5, 0.6) is 11.5 Å². The molecule has 132 valence electrons. The highest BCUT2D eigenvalue weighted by Gasteiger charge is 2.10. The van der Waals surface area contributed by atoms with Crippen molar-refractivity contribution in [3.63, 3.8) is 0 Å². The number of rotatable bonds is 5. The summed E-state index contributed by atoms with van der Waals surface area (Å²) >= 11 is 0. The Morgan fingerprint density at radius 3 is 2.77 bits per heavy atom. The summed E-state index contributed by atoms with van der Waals surface area (Å²) in [6.07, 6.45) is 1.42. The Bertz CT molecular complexity index is 1040. The summed E-state index contributed by atoms with van der Waals surface area (Å²) in [5.74, 6) is 0.439. The normalized spacial score (nSPS) is 10.8. The van der Waals surface area contributed by atoms with E-state index in [0.29, 0.717) is 28.0 Å². The van der Waals surface area contributed by atoms with Gasteiger partial charge in [0.05, 0.1) is 31.3 Å². The fourth-order valence-corrected chi connectivity index (χ4v) is 2.35. The summed E-state index contributed by atoms with van der Waals surface area (Å²) in [6.45, 7) is 0. The number of methoxy groups -OCH3 is 2. The molecule has 0 saturated heterocycles. The largest absolute Gasteiger partial charge is 0.497 e. The molecule has 8 nitrogen and oxygen atoms in total. The maximum Gasteiger partial charge on any atom is 0.307 e. The molecular formula is C18H16N4O4. The predicted molar refractivity (Wildman–Crippen MR) is 97.0 cm³/mol. The third-order valence-corrected chi connectivity index (χ3v) is 3.63. The highest BCUT2D eigenvalue weighted by atomic mass is 16.5. The minimum Gasteiger partial charge on any atom is -0.497 e. The van der Waals surface area contributed by atoms with Gasteiger partial charge in [0.1, 0.15) is 11.5 Å². The zero-order valence-corrected chi connectivity index (χ0v) is 14.1. The van der Waals surface area contributed by atoms with E-state index in [2.05, 4.69) is 20.5 Å². The van der Waals surface area contributed by atoms with Crippen molar-refractivity contribution in [1.82, 2.24) is 15.4 Å². The van der Waals surface area contributed by atoms with Crippen LogP contribution in [-0.2, 0) is 0 Å². The SMILES string of the molecule is COc1ccc(OC)c(C=NNC(=O)c2nc3ccccc3c(=O)[nH]2)c1. The molecule has 0 radical (unpaired) electrons. The fourth-order valence-electron chi connectivity index (χ4n) is 2.35. The summed E-state index contributed by atoms with van der Waals surface area (Å²) in [7, 11) is 3.08. The van der Waals surface area contributed by atoms with Crippen LogP contribution in [0.4, 0.5) is 0 Å². The number of carbonyl (C=O) groups is 1. The Labute approximate surface area is 148 Å². The molecule has 0 aliphatic heterocycles. The molecule has 0 aliphatic carbocycles. The summed E-state index contributed by atoms with van der Waals surface area (Å²) in [5, 5.41) is 4.30. The first-order valence-corrected chi connectivity index (χ1v) is 7.67. The highest BCUT2D eigenvalue weighted by Crippen LogP contribution is 2.22. The van der Waals surface area contributed by atoms with Gasteiger partial charge in [0.2, 0.25) is 5.82 Å². The van der Waals surface area contributed by atoms with Gasteiger partial charge >= 0.3 is 5.91 Å². The number of amides is 1. The number of hydrogen-bond acceptors (Lipinski definition) is 6. The Hall–Kier alpha value is -3.68. The van der Waals surface area contributed by atoms with Crippen molar-refractivity contribution in [2.24, 2.45) is 5.10 Å². The lowest BCUT2D eigenvalue weighted by atomic mass is 10.2. The third kappa shape index (κ3) is 3.54. The fraction of sp³-hybridized carbons (Fsp3) is 0.111. The van der Waals surface area contributed by atoms with Crippen molar-refractivity contribution in [3.05, 3.63) is 64.2 Å². The number of hydrazone groups is 1. The quantitative estimate of drug-likeness (QED) is 0.537.